The molecule has 62 valence electrons. The second-order valence-electron chi connectivity index (χ2n) is 2.85. The number of aromatic nitrogens is 2. The predicted molar refractivity (Wildman–Crippen MR) is 46.7 cm³/mol. The highest BCUT2D eigenvalue weighted by Crippen LogP contribution is 2.14. The first-order chi connectivity index (χ1) is 5.81. The van der Waals surface area contributed by atoms with E-state index in [1.54, 1.807) is 10.9 Å². The maximum atomic E-state index is 8.92. The topological polar surface area (TPSA) is 38.0 Å². The summed E-state index contributed by atoms with van der Waals surface area (Å²) in [5.41, 5.74) is 2.16. The molecule has 1 heterocycles. The lowest BCUT2D eigenvalue weighted by Gasteiger charge is -1.97. The lowest BCUT2D eigenvalue weighted by molar-refractivity contribution is 0.200. The number of nitrogens with zero attached hydrogens (tertiary/aromatic N) is 2. The SMILES string of the molecule is Cc1ccc2cnn(CO)c2c1. The van der Waals surface area contributed by atoms with Crippen molar-refractivity contribution in [1.29, 1.82) is 0 Å². The van der Waals surface area contributed by atoms with Crippen molar-refractivity contribution in [2.75, 3.05) is 0 Å². The lowest BCUT2D eigenvalue weighted by Crippen LogP contribution is -1.97. The minimum absolute atomic E-state index is 0.0625. The third kappa shape index (κ3) is 0.987. The fraction of sp³-hybridized carbons (Fsp3) is 0.222. The van der Waals surface area contributed by atoms with Gasteiger partial charge in [0.2, 0.25) is 0 Å². The number of hydrogen-bond donors (Lipinski definition) is 1. The molecule has 3 heteroatoms. The normalized spacial score (nSPS) is 10.8. The van der Waals surface area contributed by atoms with Gasteiger partial charge in [0.25, 0.3) is 0 Å². The van der Waals surface area contributed by atoms with E-state index in [1.807, 2.05) is 25.1 Å². The molecule has 0 radical (unpaired) electrons. The third-order valence-corrected chi connectivity index (χ3v) is 1.93. The van der Waals surface area contributed by atoms with Crippen LogP contribution in [0, 0.1) is 6.92 Å². The fourth-order valence-corrected chi connectivity index (χ4v) is 1.29. The quantitative estimate of drug-likeness (QED) is 0.686. The van der Waals surface area contributed by atoms with Gasteiger partial charge in [-0.2, -0.15) is 5.10 Å². The van der Waals surface area contributed by atoms with E-state index in [-0.39, 0.29) is 6.73 Å². The van der Waals surface area contributed by atoms with Gasteiger partial charge in [-0.1, -0.05) is 12.1 Å². The molecule has 12 heavy (non-hydrogen) atoms. The Bertz CT molecular complexity index is 406. The summed E-state index contributed by atoms with van der Waals surface area (Å²) in [5.74, 6) is 0. The van der Waals surface area contributed by atoms with E-state index < -0.39 is 0 Å². The first kappa shape index (κ1) is 7.31. The van der Waals surface area contributed by atoms with E-state index in [9.17, 15) is 0 Å². The minimum atomic E-state index is -0.0625. The molecule has 1 aromatic heterocycles. The Balaban J connectivity index is 2.75. The van der Waals surface area contributed by atoms with Crippen LogP contribution in [-0.4, -0.2) is 14.9 Å². The van der Waals surface area contributed by atoms with E-state index in [1.165, 1.54) is 5.56 Å². The van der Waals surface area contributed by atoms with Crippen LogP contribution in [0.4, 0.5) is 0 Å². The molecule has 0 saturated carbocycles. The van der Waals surface area contributed by atoms with Crippen LogP contribution in [0.15, 0.2) is 24.4 Å². The van der Waals surface area contributed by atoms with Crippen molar-refractivity contribution in [3.05, 3.63) is 30.0 Å². The van der Waals surface area contributed by atoms with E-state index in [2.05, 4.69) is 5.10 Å². The Kier molecular flexibility index (Phi) is 1.59. The summed E-state index contributed by atoms with van der Waals surface area (Å²) >= 11 is 0. The number of aliphatic hydroxyl groups excluding tert-OH is 1. The van der Waals surface area contributed by atoms with Crippen LogP contribution in [0.3, 0.4) is 0 Å². The van der Waals surface area contributed by atoms with Crippen LogP contribution in [-0.2, 0) is 6.73 Å². The summed E-state index contributed by atoms with van der Waals surface area (Å²) in [7, 11) is 0. The molecular formula is C9H10N2O. The zero-order valence-corrected chi connectivity index (χ0v) is 6.86. The summed E-state index contributed by atoms with van der Waals surface area (Å²) in [6.07, 6.45) is 1.75. The molecule has 0 aliphatic carbocycles. The maximum Gasteiger partial charge on any atom is 0.136 e. The number of hydrogen-bond acceptors (Lipinski definition) is 2. The van der Waals surface area contributed by atoms with Crippen molar-refractivity contribution < 1.29 is 5.11 Å². The first-order valence-corrected chi connectivity index (χ1v) is 3.84. The number of aryl methyl sites for hydroxylation is 1. The Hall–Kier alpha value is -1.35. The molecule has 2 aromatic rings. The van der Waals surface area contributed by atoms with Crippen molar-refractivity contribution in [2.24, 2.45) is 0 Å². The Morgan fingerprint density at radius 3 is 3.08 bits per heavy atom. The fourth-order valence-electron chi connectivity index (χ4n) is 1.29. The molecule has 0 aliphatic rings. The third-order valence-electron chi connectivity index (χ3n) is 1.93. The lowest BCUT2D eigenvalue weighted by atomic mass is 10.2. The van der Waals surface area contributed by atoms with Crippen LogP contribution in [0.2, 0.25) is 0 Å². The molecule has 0 bridgehead atoms. The average Bonchev–Trinajstić information content (AvgIpc) is 2.46. The first-order valence-electron chi connectivity index (χ1n) is 3.84. The van der Waals surface area contributed by atoms with Crippen molar-refractivity contribution in [3.8, 4) is 0 Å². The van der Waals surface area contributed by atoms with Gasteiger partial charge in [0.1, 0.15) is 6.73 Å². The van der Waals surface area contributed by atoms with E-state index in [4.69, 9.17) is 5.11 Å². The average molecular weight is 162 g/mol. The van der Waals surface area contributed by atoms with Gasteiger partial charge in [0.15, 0.2) is 0 Å². The summed E-state index contributed by atoms with van der Waals surface area (Å²) < 4.78 is 1.57. The highest BCUT2D eigenvalue weighted by Gasteiger charge is 1.99. The smallest absolute Gasteiger partial charge is 0.136 e. The number of aliphatic hydroxyl groups is 1. The summed E-state index contributed by atoms with van der Waals surface area (Å²) in [4.78, 5) is 0. The molecule has 0 spiro atoms. The van der Waals surface area contributed by atoms with Crippen molar-refractivity contribution in [3.63, 3.8) is 0 Å². The highest BCUT2D eigenvalue weighted by atomic mass is 16.3. The summed E-state index contributed by atoms with van der Waals surface area (Å²) in [5, 5.41) is 14.0. The summed E-state index contributed by atoms with van der Waals surface area (Å²) in [6.45, 7) is 1.96. The number of rotatable bonds is 1. The van der Waals surface area contributed by atoms with Crippen LogP contribution in [0.5, 0.6) is 0 Å². The monoisotopic (exact) mass is 162 g/mol. The Morgan fingerprint density at radius 2 is 2.33 bits per heavy atom. The van der Waals surface area contributed by atoms with Gasteiger partial charge >= 0.3 is 0 Å². The van der Waals surface area contributed by atoms with Gasteiger partial charge in [0.05, 0.1) is 11.7 Å². The second-order valence-corrected chi connectivity index (χ2v) is 2.85. The van der Waals surface area contributed by atoms with Gasteiger partial charge < -0.3 is 5.11 Å². The van der Waals surface area contributed by atoms with Gasteiger partial charge in [-0.05, 0) is 18.6 Å². The van der Waals surface area contributed by atoms with Gasteiger partial charge in [-0.25, -0.2) is 4.68 Å². The van der Waals surface area contributed by atoms with Gasteiger partial charge in [-0.15, -0.1) is 0 Å². The minimum Gasteiger partial charge on any atom is -0.374 e. The Labute approximate surface area is 70.2 Å². The zero-order chi connectivity index (χ0) is 8.55. The molecule has 0 amide bonds. The highest BCUT2D eigenvalue weighted by molar-refractivity contribution is 5.79. The molecule has 1 aromatic carbocycles. The largest absolute Gasteiger partial charge is 0.374 e. The molecule has 0 unspecified atom stereocenters. The molecular weight excluding hydrogens is 152 g/mol. The molecule has 1 N–H and O–H groups in total. The molecule has 0 atom stereocenters. The molecule has 3 nitrogen and oxygen atoms in total. The standard InChI is InChI=1S/C9H10N2O/c1-7-2-3-8-5-10-11(6-12)9(8)4-7/h2-5,12H,6H2,1H3. The molecule has 0 aliphatic heterocycles. The summed E-state index contributed by atoms with van der Waals surface area (Å²) in [6, 6.07) is 6.05. The van der Waals surface area contributed by atoms with Crippen molar-refractivity contribution in [2.45, 2.75) is 13.7 Å². The molecule has 2 rings (SSSR count). The van der Waals surface area contributed by atoms with Crippen LogP contribution >= 0.6 is 0 Å². The van der Waals surface area contributed by atoms with Gasteiger partial charge in [0, 0.05) is 5.39 Å². The van der Waals surface area contributed by atoms with E-state index in [0.29, 0.717) is 0 Å². The Morgan fingerprint density at radius 1 is 1.50 bits per heavy atom. The van der Waals surface area contributed by atoms with Crippen molar-refractivity contribution in [1.82, 2.24) is 9.78 Å². The van der Waals surface area contributed by atoms with Gasteiger partial charge in [-0.3, -0.25) is 0 Å². The molecule has 0 fully saturated rings. The van der Waals surface area contributed by atoms with E-state index >= 15 is 0 Å². The predicted octanol–water partition coefficient (Wildman–Crippen LogP) is 1.29. The zero-order valence-electron chi connectivity index (χ0n) is 6.86. The van der Waals surface area contributed by atoms with Crippen molar-refractivity contribution >= 4 is 10.9 Å². The van der Waals surface area contributed by atoms with Crippen LogP contribution < -0.4 is 0 Å². The van der Waals surface area contributed by atoms with Crippen LogP contribution in [0.1, 0.15) is 5.56 Å². The maximum absolute atomic E-state index is 8.92. The number of fused-ring (bicyclic) bond motifs is 1. The molecule has 0 saturated heterocycles. The number of benzene rings is 1. The van der Waals surface area contributed by atoms with E-state index in [0.717, 1.165) is 10.9 Å². The van der Waals surface area contributed by atoms with Crippen LogP contribution in [0.25, 0.3) is 10.9 Å². The second kappa shape index (κ2) is 2.60.